The second-order valence-electron chi connectivity index (χ2n) is 5.60. The van der Waals surface area contributed by atoms with Gasteiger partial charge in [0.25, 0.3) is 0 Å². The van der Waals surface area contributed by atoms with Gasteiger partial charge in [-0.2, -0.15) is 0 Å². The third kappa shape index (κ3) is 4.52. The average molecular weight is 238 g/mol. The van der Waals surface area contributed by atoms with Crippen LogP contribution in [-0.4, -0.2) is 19.6 Å². The largest absolute Gasteiger partial charge is 0.466 e. The van der Waals surface area contributed by atoms with E-state index in [1.165, 1.54) is 0 Å². The highest BCUT2D eigenvalue weighted by Crippen LogP contribution is 2.24. The zero-order valence-electron chi connectivity index (χ0n) is 11.5. The van der Waals surface area contributed by atoms with Gasteiger partial charge in [0.05, 0.1) is 0 Å². The van der Waals surface area contributed by atoms with E-state index in [9.17, 15) is 0 Å². The monoisotopic (exact) mass is 238 g/mol. The molecule has 1 rings (SSSR count). The molecule has 3 heteroatoms. The van der Waals surface area contributed by atoms with E-state index in [-0.39, 0.29) is 5.41 Å². The van der Waals surface area contributed by atoms with Crippen molar-refractivity contribution >= 4 is 0 Å². The maximum atomic E-state index is 5.69. The molecule has 0 spiro atoms. The van der Waals surface area contributed by atoms with Crippen LogP contribution in [0.3, 0.4) is 0 Å². The molecule has 0 aromatic carbocycles. The lowest BCUT2D eigenvalue weighted by atomic mass is 9.90. The number of furan rings is 1. The minimum atomic E-state index is 0.0419. The molecule has 3 nitrogen and oxygen atoms in total. The molecule has 0 amide bonds. The van der Waals surface area contributed by atoms with Gasteiger partial charge < -0.3 is 15.5 Å². The Hall–Kier alpha value is -0.800. The standard InChI is InChI=1S/C14H26N2O/c1-11(9-15)7-8-16-10-14(3,4)13-6-5-12(2)17-13/h5-6,11,16H,7-10,15H2,1-4H3. The van der Waals surface area contributed by atoms with E-state index >= 15 is 0 Å². The van der Waals surface area contributed by atoms with E-state index in [0.29, 0.717) is 5.92 Å². The highest BCUT2D eigenvalue weighted by atomic mass is 16.3. The van der Waals surface area contributed by atoms with Crippen molar-refractivity contribution in [3.63, 3.8) is 0 Å². The fraction of sp³-hybridized carbons (Fsp3) is 0.714. The van der Waals surface area contributed by atoms with Crippen molar-refractivity contribution in [1.29, 1.82) is 0 Å². The van der Waals surface area contributed by atoms with Crippen molar-refractivity contribution in [2.45, 2.75) is 39.5 Å². The third-order valence-corrected chi connectivity index (χ3v) is 3.19. The molecule has 0 aliphatic rings. The third-order valence-electron chi connectivity index (χ3n) is 3.19. The topological polar surface area (TPSA) is 51.2 Å². The molecule has 0 saturated carbocycles. The Labute approximate surface area is 105 Å². The molecular weight excluding hydrogens is 212 g/mol. The summed E-state index contributed by atoms with van der Waals surface area (Å²) in [7, 11) is 0. The van der Waals surface area contributed by atoms with Crippen LogP contribution in [-0.2, 0) is 5.41 Å². The van der Waals surface area contributed by atoms with Crippen LogP contribution in [0, 0.1) is 12.8 Å². The first-order chi connectivity index (χ1) is 7.95. The first-order valence-corrected chi connectivity index (χ1v) is 6.43. The highest BCUT2D eigenvalue weighted by molar-refractivity contribution is 5.15. The SMILES string of the molecule is Cc1ccc(C(C)(C)CNCCC(C)CN)o1. The van der Waals surface area contributed by atoms with Gasteiger partial charge in [0.15, 0.2) is 0 Å². The van der Waals surface area contributed by atoms with Gasteiger partial charge in [-0.15, -0.1) is 0 Å². The highest BCUT2D eigenvalue weighted by Gasteiger charge is 2.23. The number of aryl methyl sites for hydroxylation is 1. The lowest BCUT2D eigenvalue weighted by Crippen LogP contribution is -2.34. The summed E-state index contributed by atoms with van der Waals surface area (Å²) in [6, 6.07) is 4.09. The second-order valence-corrected chi connectivity index (χ2v) is 5.60. The van der Waals surface area contributed by atoms with Crippen molar-refractivity contribution in [3.05, 3.63) is 23.7 Å². The van der Waals surface area contributed by atoms with E-state index < -0.39 is 0 Å². The molecule has 0 aliphatic heterocycles. The number of hydrogen-bond acceptors (Lipinski definition) is 3. The second kappa shape index (κ2) is 6.22. The predicted molar refractivity (Wildman–Crippen MR) is 72.2 cm³/mol. The minimum Gasteiger partial charge on any atom is -0.466 e. The quantitative estimate of drug-likeness (QED) is 0.717. The maximum absolute atomic E-state index is 5.69. The molecule has 3 N–H and O–H groups in total. The summed E-state index contributed by atoms with van der Waals surface area (Å²) >= 11 is 0. The van der Waals surface area contributed by atoms with Gasteiger partial charge in [-0.05, 0) is 44.5 Å². The molecule has 17 heavy (non-hydrogen) atoms. The van der Waals surface area contributed by atoms with Gasteiger partial charge in [0, 0.05) is 12.0 Å². The van der Waals surface area contributed by atoms with Crippen molar-refractivity contribution in [2.24, 2.45) is 11.7 Å². The molecular formula is C14H26N2O. The van der Waals surface area contributed by atoms with Crippen LogP contribution in [0.1, 0.15) is 38.7 Å². The molecule has 1 aromatic heterocycles. The normalized spacial score (nSPS) is 13.9. The Morgan fingerprint density at radius 2 is 2.12 bits per heavy atom. The number of nitrogens with two attached hydrogens (primary N) is 1. The van der Waals surface area contributed by atoms with E-state index in [0.717, 1.165) is 37.6 Å². The lowest BCUT2D eigenvalue weighted by Gasteiger charge is -2.23. The summed E-state index contributed by atoms with van der Waals surface area (Å²) in [6.45, 7) is 11.3. The van der Waals surface area contributed by atoms with Gasteiger partial charge in [0.1, 0.15) is 11.5 Å². The van der Waals surface area contributed by atoms with Crippen LogP contribution in [0.4, 0.5) is 0 Å². The van der Waals surface area contributed by atoms with Crippen LogP contribution in [0.5, 0.6) is 0 Å². The Kier molecular flexibility index (Phi) is 5.22. The van der Waals surface area contributed by atoms with Gasteiger partial charge in [0.2, 0.25) is 0 Å². The Bertz CT molecular complexity index is 331. The molecule has 0 radical (unpaired) electrons. The number of nitrogens with one attached hydrogen (secondary N) is 1. The number of hydrogen-bond donors (Lipinski definition) is 2. The van der Waals surface area contributed by atoms with Gasteiger partial charge in [-0.25, -0.2) is 0 Å². The Balaban J connectivity index is 2.35. The van der Waals surface area contributed by atoms with Crippen LogP contribution in [0.15, 0.2) is 16.5 Å². The van der Waals surface area contributed by atoms with Gasteiger partial charge >= 0.3 is 0 Å². The molecule has 1 unspecified atom stereocenters. The van der Waals surface area contributed by atoms with E-state index in [1.54, 1.807) is 0 Å². The van der Waals surface area contributed by atoms with Crippen molar-refractivity contribution in [3.8, 4) is 0 Å². The summed E-state index contributed by atoms with van der Waals surface area (Å²) < 4.78 is 5.69. The van der Waals surface area contributed by atoms with Crippen LogP contribution < -0.4 is 11.1 Å². The molecule has 0 bridgehead atoms. The molecule has 1 atom stereocenters. The number of rotatable bonds is 7. The molecule has 1 heterocycles. The summed E-state index contributed by atoms with van der Waals surface area (Å²) in [5.74, 6) is 2.62. The smallest absolute Gasteiger partial charge is 0.111 e. The van der Waals surface area contributed by atoms with Crippen LogP contribution in [0.25, 0.3) is 0 Å². The fourth-order valence-corrected chi connectivity index (χ4v) is 1.75. The van der Waals surface area contributed by atoms with Crippen LogP contribution >= 0.6 is 0 Å². The molecule has 1 aromatic rings. The zero-order chi connectivity index (χ0) is 12.9. The van der Waals surface area contributed by atoms with Crippen molar-refractivity contribution in [2.75, 3.05) is 19.6 Å². The summed E-state index contributed by atoms with van der Waals surface area (Å²) in [5, 5.41) is 3.48. The fourth-order valence-electron chi connectivity index (χ4n) is 1.75. The van der Waals surface area contributed by atoms with E-state index in [4.69, 9.17) is 10.2 Å². The summed E-state index contributed by atoms with van der Waals surface area (Å²) in [5.41, 5.74) is 5.63. The summed E-state index contributed by atoms with van der Waals surface area (Å²) in [4.78, 5) is 0. The zero-order valence-corrected chi connectivity index (χ0v) is 11.5. The molecule has 0 fully saturated rings. The Morgan fingerprint density at radius 1 is 1.41 bits per heavy atom. The summed E-state index contributed by atoms with van der Waals surface area (Å²) in [6.07, 6.45) is 1.13. The predicted octanol–water partition coefficient (Wildman–Crippen LogP) is 2.44. The molecule has 0 aliphatic carbocycles. The van der Waals surface area contributed by atoms with E-state index in [1.807, 2.05) is 13.0 Å². The molecule has 98 valence electrons. The van der Waals surface area contributed by atoms with E-state index in [2.05, 4.69) is 32.2 Å². The van der Waals surface area contributed by atoms with Crippen molar-refractivity contribution in [1.82, 2.24) is 5.32 Å². The molecule has 0 saturated heterocycles. The van der Waals surface area contributed by atoms with Gasteiger partial charge in [-0.3, -0.25) is 0 Å². The van der Waals surface area contributed by atoms with Gasteiger partial charge in [-0.1, -0.05) is 20.8 Å². The lowest BCUT2D eigenvalue weighted by molar-refractivity contribution is 0.353. The maximum Gasteiger partial charge on any atom is 0.111 e. The average Bonchev–Trinajstić information content (AvgIpc) is 2.71. The van der Waals surface area contributed by atoms with Crippen LogP contribution in [0.2, 0.25) is 0 Å². The Morgan fingerprint density at radius 3 is 2.65 bits per heavy atom. The minimum absolute atomic E-state index is 0.0419. The first kappa shape index (κ1) is 14.3. The first-order valence-electron chi connectivity index (χ1n) is 6.43. The van der Waals surface area contributed by atoms with Crippen molar-refractivity contribution < 1.29 is 4.42 Å².